The molecule has 182 valence electrons. The highest BCUT2D eigenvalue weighted by Crippen LogP contribution is 2.30. The second-order valence-electron chi connectivity index (χ2n) is 8.78. The molecule has 4 rings (SSSR count). The van der Waals surface area contributed by atoms with Crippen LogP contribution in [0.4, 0.5) is 11.5 Å². The topological polar surface area (TPSA) is 133 Å². The molecule has 35 heavy (non-hydrogen) atoms. The summed E-state index contributed by atoms with van der Waals surface area (Å²) in [7, 11) is 0. The van der Waals surface area contributed by atoms with Crippen molar-refractivity contribution in [2.45, 2.75) is 39.8 Å². The third kappa shape index (κ3) is 4.49. The Morgan fingerprint density at radius 3 is 2.40 bits per heavy atom. The molecule has 1 aromatic heterocycles. The number of ketones is 1. The molecule has 0 atom stereocenters. The van der Waals surface area contributed by atoms with Crippen molar-refractivity contribution in [2.75, 3.05) is 23.7 Å². The van der Waals surface area contributed by atoms with Crippen LogP contribution >= 0.6 is 0 Å². The summed E-state index contributed by atoms with van der Waals surface area (Å²) in [6.07, 6.45) is 1.40. The lowest BCUT2D eigenvalue weighted by Gasteiger charge is -2.31. The minimum Gasteiger partial charge on any atom is -0.384 e. The number of hydrogen-bond acceptors (Lipinski definition) is 6. The van der Waals surface area contributed by atoms with Crippen LogP contribution in [0.25, 0.3) is 0 Å². The number of aromatic nitrogens is 2. The Morgan fingerprint density at radius 1 is 1.03 bits per heavy atom. The first-order valence-electron chi connectivity index (χ1n) is 11.6. The van der Waals surface area contributed by atoms with Gasteiger partial charge < -0.3 is 16.4 Å². The van der Waals surface area contributed by atoms with Gasteiger partial charge in [0.1, 0.15) is 11.4 Å². The molecule has 1 aliphatic heterocycles. The molecule has 9 heteroatoms. The van der Waals surface area contributed by atoms with Crippen molar-refractivity contribution in [3.05, 3.63) is 91.1 Å². The van der Waals surface area contributed by atoms with Crippen molar-refractivity contribution < 1.29 is 9.59 Å². The van der Waals surface area contributed by atoms with Crippen LogP contribution in [0, 0.1) is 6.92 Å². The number of fused-ring (bicyclic) bond motifs is 1. The molecule has 0 saturated carbocycles. The maximum absolute atomic E-state index is 13.5. The van der Waals surface area contributed by atoms with Gasteiger partial charge in [-0.3, -0.25) is 23.5 Å². The summed E-state index contributed by atoms with van der Waals surface area (Å²) >= 11 is 0. The molecule has 0 bridgehead atoms. The fourth-order valence-electron chi connectivity index (χ4n) is 4.63. The van der Waals surface area contributed by atoms with Crippen LogP contribution in [0.15, 0.2) is 52.1 Å². The summed E-state index contributed by atoms with van der Waals surface area (Å²) in [6, 6.07) is 12.8. The van der Waals surface area contributed by atoms with Gasteiger partial charge in [0, 0.05) is 24.3 Å². The highest BCUT2D eigenvalue weighted by Gasteiger charge is 2.27. The van der Waals surface area contributed by atoms with Gasteiger partial charge in [-0.05, 0) is 49.9 Å². The number of carbonyl (C=O) groups is 2. The van der Waals surface area contributed by atoms with E-state index in [9.17, 15) is 19.2 Å². The van der Waals surface area contributed by atoms with Gasteiger partial charge in [0.05, 0.1) is 13.1 Å². The first-order valence-corrected chi connectivity index (χ1v) is 11.6. The van der Waals surface area contributed by atoms with Gasteiger partial charge in [-0.25, -0.2) is 4.79 Å². The number of nitrogen functional groups attached to an aromatic ring is 1. The second-order valence-corrected chi connectivity index (χ2v) is 8.78. The summed E-state index contributed by atoms with van der Waals surface area (Å²) < 4.78 is 2.31. The Balaban J connectivity index is 1.74. The maximum Gasteiger partial charge on any atom is 0.332 e. The Kier molecular flexibility index (Phi) is 6.59. The van der Waals surface area contributed by atoms with E-state index in [1.54, 1.807) is 19.1 Å². The predicted molar refractivity (Wildman–Crippen MR) is 135 cm³/mol. The van der Waals surface area contributed by atoms with Gasteiger partial charge in [-0.2, -0.15) is 0 Å². The van der Waals surface area contributed by atoms with Gasteiger partial charge in [-0.1, -0.05) is 35.9 Å². The number of primary amides is 1. The lowest BCUT2D eigenvalue weighted by molar-refractivity contribution is 0.0991. The zero-order chi connectivity index (χ0) is 25.3. The third-order valence-corrected chi connectivity index (χ3v) is 6.47. The third-order valence-electron chi connectivity index (χ3n) is 6.47. The Morgan fingerprint density at radius 2 is 1.74 bits per heavy atom. The molecule has 0 spiro atoms. The summed E-state index contributed by atoms with van der Waals surface area (Å²) in [5.74, 6) is -1.14. The van der Waals surface area contributed by atoms with E-state index in [-0.39, 0.29) is 31.0 Å². The van der Waals surface area contributed by atoms with E-state index in [1.165, 1.54) is 4.57 Å². The Labute approximate surface area is 202 Å². The minimum atomic E-state index is -0.691. The smallest absolute Gasteiger partial charge is 0.332 e. The molecule has 3 aromatic rings. The van der Waals surface area contributed by atoms with Crippen LogP contribution in [0.5, 0.6) is 0 Å². The van der Waals surface area contributed by atoms with Crippen molar-refractivity contribution in [3.63, 3.8) is 0 Å². The largest absolute Gasteiger partial charge is 0.384 e. The van der Waals surface area contributed by atoms with E-state index in [1.807, 2.05) is 42.2 Å². The first-order chi connectivity index (χ1) is 16.7. The van der Waals surface area contributed by atoms with Crippen molar-refractivity contribution in [1.82, 2.24) is 9.13 Å². The van der Waals surface area contributed by atoms with E-state index >= 15 is 0 Å². The molecule has 0 saturated heterocycles. The maximum atomic E-state index is 13.5. The molecular weight excluding hydrogens is 446 g/mol. The molecule has 2 aromatic carbocycles. The number of aryl methyl sites for hydroxylation is 1. The highest BCUT2D eigenvalue weighted by atomic mass is 16.2. The molecule has 0 unspecified atom stereocenters. The SMILES string of the molecule is CCn1c(=O)c(C(=O)CN2CCCc3c(C(N)=O)cccc32)c(N)n(Cc2ccc(C)cc2)c1=O. The number of carbonyl (C=O) groups excluding carboxylic acids is 2. The molecule has 1 aliphatic rings. The van der Waals surface area contributed by atoms with Crippen molar-refractivity contribution in [1.29, 1.82) is 0 Å². The quantitative estimate of drug-likeness (QED) is 0.500. The zero-order valence-corrected chi connectivity index (χ0v) is 19.9. The normalized spacial score (nSPS) is 12.9. The number of amides is 1. The summed E-state index contributed by atoms with van der Waals surface area (Å²) in [5, 5.41) is 0. The van der Waals surface area contributed by atoms with Crippen LogP contribution in [0.1, 0.15) is 50.8 Å². The molecule has 0 radical (unpaired) electrons. The average Bonchev–Trinajstić information content (AvgIpc) is 2.83. The fourth-order valence-corrected chi connectivity index (χ4v) is 4.63. The number of nitrogens with two attached hydrogens (primary N) is 2. The number of benzene rings is 2. The van der Waals surface area contributed by atoms with Crippen LogP contribution in [-0.2, 0) is 19.5 Å². The van der Waals surface area contributed by atoms with Gasteiger partial charge in [0.2, 0.25) is 5.91 Å². The zero-order valence-electron chi connectivity index (χ0n) is 19.9. The number of hydrogen-bond donors (Lipinski definition) is 2. The molecule has 0 fully saturated rings. The van der Waals surface area contributed by atoms with E-state index < -0.39 is 22.9 Å². The van der Waals surface area contributed by atoms with Crippen LogP contribution in [-0.4, -0.2) is 33.9 Å². The standard InChI is InChI=1S/C26H29N5O4/c1-3-30-25(34)22(23(27)31(26(30)35)14-17-11-9-16(2)10-12-17)21(32)15-29-13-5-7-18-19(24(28)33)6-4-8-20(18)29/h4,6,8-12H,3,5,7,13-15,27H2,1-2H3,(H2,28,33). The number of Topliss-reactive ketones (excluding diaryl/α,β-unsaturated/α-hetero) is 1. The average molecular weight is 476 g/mol. The summed E-state index contributed by atoms with van der Waals surface area (Å²) in [5.41, 5.74) is 14.3. The van der Waals surface area contributed by atoms with Gasteiger partial charge in [0.15, 0.2) is 5.78 Å². The lowest BCUT2D eigenvalue weighted by Crippen LogP contribution is -2.45. The summed E-state index contributed by atoms with van der Waals surface area (Å²) in [6.45, 7) is 4.35. The molecule has 2 heterocycles. The van der Waals surface area contributed by atoms with Crippen molar-refractivity contribution in [3.8, 4) is 0 Å². The monoisotopic (exact) mass is 475 g/mol. The van der Waals surface area contributed by atoms with Crippen LogP contribution < -0.4 is 27.6 Å². The molecule has 4 N–H and O–H groups in total. The fraction of sp³-hybridized carbons (Fsp3) is 0.308. The van der Waals surface area contributed by atoms with Gasteiger partial charge in [0.25, 0.3) is 5.56 Å². The number of rotatable bonds is 7. The van der Waals surface area contributed by atoms with E-state index in [0.29, 0.717) is 18.5 Å². The van der Waals surface area contributed by atoms with E-state index in [0.717, 1.165) is 33.4 Å². The second kappa shape index (κ2) is 9.61. The van der Waals surface area contributed by atoms with Gasteiger partial charge >= 0.3 is 5.69 Å². The van der Waals surface area contributed by atoms with Crippen molar-refractivity contribution >= 4 is 23.2 Å². The first kappa shape index (κ1) is 24.0. The lowest BCUT2D eigenvalue weighted by atomic mass is 9.95. The molecule has 0 aliphatic carbocycles. The molecule has 1 amide bonds. The number of nitrogens with zero attached hydrogens (tertiary/aromatic N) is 3. The molecule has 9 nitrogen and oxygen atoms in total. The predicted octanol–water partition coefficient (Wildman–Crippen LogP) is 1.70. The highest BCUT2D eigenvalue weighted by molar-refractivity contribution is 6.03. The van der Waals surface area contributed by atoms with E-state index in [2.05, 4.69) is 0 Å². The van der Waals surface area contributed by atoms with Gasteiger partial charge in [-0.15, -0.1) is 0 Å². The minimum absolute atomic E-state index is 0.110. The Bertz CT molecular complexity index is 1420. The van der Waals surface area contributed by atoms with Crippen LogP contribution in [0.2, 0.25) is 0 Å². The Hall–Kier alpha value is -4.14. The molecular formula is C26H29N5O4. The summed E-state index contributed by atoms with van der Waals surface area (Å²) in [4.78, 5) is 53.3. The van der Waals surface area contributed by atoms with Crippen LogP contribution in [0.3, 0.4) is 0 Å². The van der Waals surface area contributed by atoms with E-state index in [4.69, 9.17) is 11.5 Å². The number of anilines is 2. The van der Waals surface area contributed by atoms with Crippen molar-refractivity contribution in [2.24, 2.45) is 5.73 Å².